The average Bonchev–Trinajstić information content (AvgIpc) is 2.43. The molecular weight excluding hydrogens is 356 g/mol. The van der Waals surface area contributed by atoms with E-state index < -0.39 is 0 Å². The number of hydrogen-bond acceptors (Lipinski definition) is 3. The maximum absolute atomic E-state index is 10.9. The van der Waals surface area contributed by atoms with Gasteiger partial charge in [-0.25, -0.2) is 0 Å². The summed E-state index contributed by atoms with van der Waals surface area (Å²) in [5.74, 6) is 0. The van der Waals surface area contributed by atoms with E-state index in [9.17, 15) is 10.1 Å². The van der Waals surface area contributed by atoms with E-state index >= 15 is 0 Å². The predicted octanol–water partition coefficient (Wildman–Crippen LogP) is 4.64. The number of benzene rings is 2. The van der Waals surface area contributed by atoms with E-state index in [4.69, 9.17) is 11.6 Å². The number of nitro groups is 1. The van der Waals surface area contributed by atoms with Crippen LogP contribution in [0.3, 0.4) is 0 Å². The Morgan fingerprint density at radius 2 is 1.76 bits per heavy atom. The minimum absolute atomic E-state index is 0.0821. The van der Waals surface area contributed by atoms with Crippen molar-refractivity contribution in [1.82, 2.24) is 4.90 Å². The Bertz CT molecular complexity index is 664. The molecule has 0 atom stereocenters. The minimum atomic E-state index is -0.387. The Labute approximate surface area is 136 Å². The van der Waals surface area contributed by atoms with Gasteiger partial charge in [-0.1, -0.05) is 41.9 Å². The van der Waals surface area contributed by atoms with Crippen LogP contribution >= 0.6 is 27.5 Å². The zero-order chi connectivity index (χ0) is 15.4. The molecule has 2 aromatic rings. The monoisotopic (exact) mass is 368 g/mol. The Morgan fingerprint density at radius 3 is 2.43 bits per heavy atom. The van der Waals surface area contributed by atoms with Crippen LogP contribution in [0.15, 0.2) is 46.9 Å². The third-order valence-electron chi connectivity index (χ3n) is 3.09. The van der Waals surface area contributed by atoms with E-state index in [1.807, 2.05) is 37.4 Å². The fourth-order valence-electron chi connectivity index (χ4n) is 2.09. The van der Waals surface area contributed by atoms with Crippen molar-refractivity contribution in [3.05, 3.63) is 73.2 Å². The van der Waals surface area contributed by atoms with Gasteiger partial charge in [-0.3, -0.25) is 15.0 Å². The van der Waals surface area contributed by atoms with E-state index in [2.05, 4.69) is 20.8 Å². The standard InChI is InChI=1S/C15H14BrClN2O2/c1-18(9-11-5-2-3-7-13(11)17)10-12-6-4-8-14(15(12)16)19(20)21/h2-8H,9-10H2,1H3. The largest absolute Gasteiger partial charge is 0.298 e. The number of nitro benzene ring substituents is 1. The maximum Gasteiger partial charge on any atom is 0.283 e. The third kappa shape index (κ3) is 4.03. The quantitative estimate of drug-likeness (QED) is 0.569. The molecule has 110 valence electrons. The summed E-state index contributed by atoms with van der Waals surface area (Å²) in [5.41, 5.74) is 1.99. The van der Waals surface area contributed by atoms with Gasteiger partial charge in [-0.2, -0.15) is 0 Å². The second kappa shape index (κ2) is 7.02. The molecule has 0 spiro atoms. The second-order valence-corrected chi connectivity index (χ2v) is 5.97. The Kier molecular flexibility index (Phi) is 5.33. The lowest BCUT2D eigenvalue weighted by molar-refractivity contribution is -0.385. The van der Waals surface area contributed by atoms with Gasteiger partial charge in [0.15, 0.2) is 0 Å². The van der Waals surface area contributed by atoms with Crippen molar-refractivity contribution < 1.29 is 4.92 Å². The van der Waals surface area contributed by atoms with Crippen LogP contribution in [-0.4, -0.2) is 16.9 Å². The van der Waals surface area contributed by atoms with Gasteiger partial charge < -0.3 is 0 Å². The topological polar surface area (TPSA) is 46.4 Å². The van der Waals surface area contributed by atoms with Gasteiger partial charge in [0.1, 0.15) is 0 Å². The number of nitrogens with zero attached hydrogens (tertiary/aromatic N) is 2. The molecule has 0 amide bonds. The molecule has 6 heteroatoms. The molecule has 0 bridgehead atoms. The zero-order valence-electron chi connectivity index (χ0n) is 11.4. The molecule has 0 heterocycles. The molecule has 0 aromatic heterocycles. The molecule has 0 unspecified atom stereocenters. The van der Waals surface area contributed by atoms with Gasteiger partial charge in [0.05, 0.1) is 9.40 Å². The van der Waals surface area contributed by atoms with Gasteiger partial charge in [0, 0.05) is 24.2 Å². The van der Waals surface area contributed by atoms with Gasteiger partial charge >= 0.3 is 0 Å². The summed E-state index contributed by atoms with van der Waals surface area (Å²) in [4.78, 5) is 12.6. The predicted molar refractivity (Wildman–Crippen MR) is 87.4 cm³/mol. The first-order valence-electron chi connectivity index (χ1n) is 6.32. The summed E-state index contributed by atoms with van der Waals surface area (Å²) in [6.07, 6.45) is 0. The molecule has 0 fully saturated rings. The third-order valence-corrected chi connectivity index (χ3v) is 4.38. The second-order valence-electron chi connectivity index (χ2n) is 4.77. The summed E-state index contributed by atoms with van der Waals surface area (Å²) in [7, 11) is 1.95. The molecule has 0 aliphatic heterocycles. The van der Waals surface area contributed by atoms with Gasteiger partial charge in [-0.15, -0.1) is 0 Å². The van der Waals surface area contributed by atoms with Crippen LogP contribution in [0.1, 0.15) is 11.1 Å². The van der Waals surface area contributed by atoms with E-state index in [0.717, 1.165) is 16.1 Å². The molecule has 0 saturated carbocycles. The molecule has 0 aliphatic carbocycles. The Balaban J connectivity index is 2.13. The van der Waals surface area contributed by atoms with Crippen LogP contribution in [0, 0.1) is 10.1 Å². The van der Waals surface area contributed by atoms with Crippen LogP contribution in [-0.2, 0) is 13.1 Å². The molecule has 0 saturated heterocycles. The number of halogens is 2. The van der Waals surface area contributed by atoms with Crippen LogP contribution in [0.2, 0.25) is 5.02 Å². The van der Waals surface area contributed by atoms with Gasteiger partial charge in [0.25, 0.3) is 5.69 Å². The SMILES string of the molecule is CN(Cc1ccccc1Cl)Cc1cccc([N+](=O)[O-])c1Br. The molecule has 21 heavy (non-hydrogen) atoms. The molecule has 0 radical (unpaired) electrons. The molecular formula is C15H14BrClN2O2. The smallest absolute Gasteiger partial charge is 0.283 e. The molecule has 4 nitrogen and oxygen atoms in total. The van der Waals surface area contributed by atoms with Crippen LogP contribution in [0.25, 0.3) is 0 Å². The lowest BCUT2D eigenvalue weighted by atomic mass is 10.1. The normalized spacial score (nSPS) is 10.9. The van der Waals surface area contributed by atoms with Gasteiger partial charge in [0.2, 0.25) is 0 Å². The highest BCUT2D eigenvalue weighted by Gasteiger charge is 2.16. The Morgan fingerprint density at radius 1 is 1.14 bits per heavy atom. The highest BCUT2D eigenvalue weighted by Crippen LogP contribution is 2.29. The molecule has 0 N–H and O–H groups in total. The van der Waals surface area contributed by atoms with Crippen molar-refractivity contribution >= 4 is 33.2 Å². The summed E-state index contributed by atoms with van der Waals surface area (Å²) < 4.78 is 0.529. The minimum Gasteiger partial charge on any atom is -0.298 e. The summed E-state index contributed by atoms with van der Waals surface area (Å²) in [5, 5.41) is 11.7. The Hall–Kier alpha value is -1.43. The van der Waals surface area contributed by atoms with Crippen molar-refractivity contribution in [2.45, 2.75) is 13.1 Å². The molecule has 2 rings (SSSR count). The van der Waals surface area contributed by atoms with Gasteiger partial charge in [-0.05, 0) is 40.2 Å². The maximum atomic E-state index is 10.9. The van der Waals surface area contributed by atoms with Crippen LogP contribution in [0.4, 0.5) is 5.69 Å². The van der Waals surface area contributed by atoms with E-state index in [1.54, 1.807) is 6.07 Å². The first-order valence-corrected chi connectivity index (χ1v) is 7.50. The van der Waals surface area contributed by atoms with E-state index in [0.29, 0.717) is 17.6 Å². The average molecular weight is 370 g/mol. The number of hydrogen-bond donors (Lipinski definition) is 0. The van der Waals surface area contributed by atoms with E-state index in [1.165, 1.54) is 6.07 Å². The first-order chi connectivity index (χ1) is 9.99. The summed E-state index contributed by atoms with van der Waals surface area (Å²) >= 11 is 9.46. The van der Waals surface area contributed by atoms with Crippen molar-refractivity contribution in [2.75, 3.05) is 7.05 Å². The summed E-state index contributed by atoms with van der Waals surface area (Å²) in [6, 6.07) is 12.7. The van der Waals surface area contributed by atoms with Crippen molar-refractivity contribution in [3.63, 3.8) is 0 Å². The fourth-order valence-corrected chi connectivity index (χ4v) is 2.82. The highest BCUT2D eigenvalue weighted by atomic mass is 79.9. The first kappa shape index (κ1) is 15.9. The highest BCUT2D eigenvalue weighted by molar-refractivity contribution is 9.10. The van der Waals surface area contributed by atoms with Crippen molar-refractivity contribution in [2.24, 2.45) is 0 Å². The fraction of sp³-hybridized carbons (Fsp3) is 0.200. The lowest BCUT2D eigenvalue weighted by Gasteiger charge is -2.18. The molecule has 2 aromatic carbocycles. The van der Waals surface area contributed by atoms with Crippen molar-refractivity contribution in [1.29, 1.82) is 0 Å². The molecule has 0 aliphatic rings. The number of rotatable bonds is 5. The zero-order valence-corrected chi connectivity index (χ0v) is 13.8. The lowest BCUT2D eigenvalue weighted by Crippen LogP contribution is -2.18. The van der Waals surface area contributed by atoms with Crippen molar-refractivity contribution in [3.8, 4) is 0 Å². The van der Waals surface area contributed by atoms with Crippen LogP contribution in [0.5, 0.6) is 0 Å². The van der Waals surface area contributed by atoms with Crippen LogP contribution < -0.4 is 0 Å². The summed E-state index contributed by atoms with van der Waals surface area (Å²) in [6.45, 7) is 1.27. The van der Waals surface area contributed by atoms with E-state index in [-0.39, 0.29) is 10.6 Å².